The molecular weight excluding hydrogens is 181 g/mol. The van der Waals surface area contributed by atoms with E-state index in [0.717, 1.165) is 6.07 Å². The maximum Gasteiger partial charge on any atom is 0.189 e. The maximum absolute atomic E-state index is 13.1. The fourth-order valence-corrected chi connectivity index (χ4v) is 1.06. The number of ketones is 1. The Morgan fingerprint density at radius 1 is 1.57 bits per heavy atom. The van der Waals surface area contributed by atoms with Gasteiger partial charge in [-0.2, -0.15) is 5.26 Å². The molecular formula is C11H8FNO. The lowest BCUT2D eigenvalue weighted by atomic mass is 10.0. The van der Waals surface area contributed by atoms with Gasteiger partial charge in [-0.3, -0.25) is 4.79 Å². The number of carbonyl (C=O) groups excluding carboxylic acids is 1. The monoisotopic (exact) mass is 189 g/mol. The number of Topliss-reactive ketones (excluding diaryl/α,β-unsaturated/α-hetero) is 1. The lowest BCUT2D eigenvalue weighted by Crippen LogP contribution is -2.04. The van der Waals surface area contributed by atoms with Gasteiger partial charge in [0.25, 0.3) is 0 Å². The molecule has 0 atom stereocenters. The van der Waals surface area contributed by atoms with Crippen LogP contribution in [-0.2, 0) is 0 Å². The second-order valence-electron chi connectivity index (χ2n) is 2.88. The molecule has 0 radical (unpaired) electrons. The highest BCUT2D eigenvalue weighted by Gasteiger charge is 2.14. The minimum absolute atomic E-state index is 0.0694. The van der Waals surface area contributed by atoms with E-state index in [9.17, 15) is 9.18 Å². The van der Waals surface area contributed by atoms with E-state index in [4.69, 9.17) is 5.26 Å². The minimum atomic E-state index is -0.681. The van der Waals surface area contributed by atoms with Crippen molar-refractivity contribution in [2.24, 2.45) is 0 Å². The highest BCUT2D eigenvalue weighted by molar-refractivity contribution is 6.09. The van der Waals surface area contributed by atoms with Crippen molar-refractivity contribution in [3.8, 4) is 6.07 Å². The number of benzene rings is 1. The third kappa shape index (κ3) is 1.69. The van der Waals surface area contributed by atoms with E-state index in [2.05, 4.69) is 6.58 Å². The molecule has 0 saturated carbocycles. The molecule has 0 aliphatic carbocycles. The molecule has 0 amide bonds. The van der Waals surface area contributed by atoms with Gasteiger partial charge in [-0.1, -0.05) is 12.6 Å². The lowest BCUT2D eigenvalue weighted by molar-refractivity contribution is 0.103. The second kappa shape index (κ2) is 3.84. The van der Waals surface area contributed by atoms with Crippen LogP contribution in [0.2, 0.25) is 0 Å². The standard InChI is InChI=1S/C11H8FNO/c1-7(2)11(14)8-4-3-5-10(12)9(8)6-13/h3-5H,1H2,2H3. The van der Waals surface area contributed by atoms with Gasteiger partial charge in [0.05, 0.1) is 5.56 Å². The smallest absolute Gasteiger partial charge is 0.189 e. The summed E-state index contributed by atoms with van der Waals surface area (Å²) in [7, 11) is 0. The van der Waals surface area contributed by atoms with Gasteiger partial charge in [0.2, 0.25) is 0 Å². The Hall–Kier alpha value is -1.95. The zero-order valence-electron chi connectivity index (χ0n) is 7.67. The van der Waals surface area contributed by atoms with Crippen molar-refractivity contribution < 1.29 is 9.18 Å². The topological polar surface area (TPSA) is 40.9 Å². The molecule has 0 bridgehead atoms. The van der Waals surface area contributed by atoms with E-state index in [1.165, 1.54) is 19.1 Å². The number of nitriles is 1. The first-order valence-electron chi connectivity index (χ1n) is 3.96. The van der Waals surface area contributed by atoms with Gasteiger partial charge >= 0.3 is 0 Å². The molecule has 1 rings (SSSR count). The van der Waals surface area contributed by atoms with Crippen LogP contribution in [0.25, 0.3) is 0 Å². The van der Waals surface area contributed by atoms with Gasteiger partial charge < -0.3 is 0 Å². The van der Waals surface area contributed by atoms with Gasteiger partial charge in [-0.05, 0) is 24.6 Å². The average molecular weight is 189 g/mol. The van der Waals surface area contributed by atoms with Gasteiger partial charge in [0.15, 0.2) is 5.78 Å². The number of hydrogen-bond acceptors (Lipinski definition) is 2. The number of halogens is 1. The molecule has 2 nitrogen and oxygen atoms in total. The summed E-state index contributed by atoms with van der Waals surface area (Å²) in [6.07, 6.45) is 0. The number of nitrogens with zero attached hydrogens (tertiary/aromatic N) is 1. The van der Waals surface area contributed by atoms with Gasteiger partial charge in [-0.15, -0.1) is 0 Å². The van der Waals surface area contributed by atoms with Gasteiger partial charge in [0, 0.05) is 5.56 Å². The molecule has 0 aromatic heterocycles. The first-order chi connectivity index (χ1) is 6.57. The highest BCUT2D eigenvalue weighted by atomic mass is 19.1. The van der Waals surface area contributed by atoms with E-state index in [1.54, 1.807) is 6.07 Å². The Morgan fingerprint density at radius 2 is 2.21 bits per heavy atom. The van der Waals surface area contributed by atoms with Crippen molar-refractivity contribution in [1.82, 2.24) is 0 Å². The van der Waals surface area contributed by atoms with Crippen LogP contribution in [0.5, 0.6) is 0 Å². The van der Waals surface area contributed by atoms with Crippen LogP contribution >= 0.6 is 0 Å². The van der Waals surface area contributed by atoms with Crippen LogP contribution in [-0.4, -0.2) is 5.78 Å². The molecule has 0 heterocycles. The minimum Gasteiger partial charge on any atom is -0.289 e. The third-order valence-electron chi connectivity index (χ3n) is 1.76. The molecule has 1 aromatic rings. The molecule has 0 fully saturated rings. The first kappa shape index (κ1) is 10.1. The largest absolute Gasteiger partial charge is 0.289 e. The highest BCUT2D eigenvalue weighted by Crippen LogP contribution is 2.15. The maximum atomic E-state index is 13.1. The molecule has 0 aliphatic rings. The van der Waals surface area contributed by atoms with E-state index in [0.29, 0.717) is 0 Å². The Labute approximate surface area is 81.3 Å². The Bertz CT molecular complexity index is 443. The molecule has 70 valence electrons. The van der Waals surface area contributed by atoms with Crippen molar-refractivity contribution in [1.29, 1.82) is 5.26 Å². The van der Waals surface area contributed by atoms with Crippen molar-refractivity contribution in [3.05, 3.63) is 47.3 Å². The van der Waals surface area contributed by atoms with Gasteiger partial charge in [0.1, 0.15) is 11.9 Å². The van der Waals surface area contributed by atoms with Crippen LogP contribution in [0.15, 0.2) is 30.4 Å². The van der Waals surface area contributed by atoms with E-state index < -0.39 is 11.6 Å². The van der Waals surface area contributed by atoms with E-state index >= 15 is 0 Å². The Balaban J connectivity index is 3.36. The fourth-order valence-electron chi connectivity index (χ4n) is 1.06. The summed E-state index contributed by atoms with van der Waals surface area (Å²) < 4.78 is 13.1. The molecule has 1 aromatic carbocycles. The van der Waals surface area contributed by atoms with Crippen molar-refractivity contribution >= 4 is 5.78 Å². The normalized spacial score (nSPS) is 9.21. The molecule has 0 spiro atoms. The molecule has 14 heavy (non-hydrogen) atoms. The summed E-state index contributed by atoms with van der Waals surface area (Å²) in [6.45, 7) is 4.98. The zero-order chi connectivity index (χ0) is 10.7. The fraction of sp³-hybridized carbons (Fsp3) is 0.0909. The summed E-state index contributed by atoms with van der Waals surface area (Å²) in [5.74, 6) is -1.08. The molecule has 0 N–H and O–H groups in total. The van der Waals surface area contributed by atoms with E-state index in [1.807, 2.05) is 0 Å². The summed E-state index contributed by atoms with van der Waals surface area (Å²) in [4.78, 5) is 11.5. The summed E-state index contributed by atoms with van der Waals surface area (Å²) in [5, 5.41) is 8.66. The third-order valence-corrected chi connectivity index (χ3v) is 1.76. The van der Waals surface area contributed by atoms with Crippen molar-refractivity contribution in [2.75, 3.05) is 0 Å². The number of rotatable bonds is 2. The molecule has 0 aliphatic heterocycles. The Morgan fingerprint density at radius 3 is 2.71 bits per heavy atom. The quantitative estimate of drug-likeness (QED) is 0.529. The van der Waals surface area contributed by atoms with Crippen LogP contribution in [0, 0.1) is 17.1 Å². The van der Waals surface area contributed by atoms with Crippen LogP contribution in [0.4, 0.5) is 4.39 Å². The summed E-state index contributed by atoms with van der Waals surface area (Å²) in [5.41, 5.74) is 0.132. The molecule has 0 unspecified atom stereocenters. The van der Waals surface area contributed by atoms with Crippen LogP contribution < -0.4 is 0 Å². The predicted molar refractivity (Wildman–Crippen MR) is 50.3 cm³/mol. The van der Waals surface area contributed by atoms with Crippen LogP contribution in [0.3, 0.4) is 0 Å². The lowest BCUT2D eigenvalue weighted by Gasteiger charge is -2.02. The SMILES string of the molecule is C=C(C)C(=O)c1cccc(F)c1C#N. The summed E-state index contributed by atoms with van der Waals surface area (Å²) in [6, 6.07) is 5.62. The van der Waals surface area contributed by atoms with Crippen LogP contribution in [0.1, 0.15) is 22.8 Å². The predicted octanol–water partition coefficient (Wildman–Crippen LogP) is 2.46. The molecule has 3 heteroatoms. The van der Waals surface area contributed by atoms with Crippen molar-refractivity contribution in [2.45, 2.75) is 6.92 Å². The number of hydrogen-bond donors (Lipinski definition) is 0. The second-order valence-corrected chi connectivity index (χ2v) is 2.88. The number of carbonyl (C=O) groups is 1. The molecule has 0 saturated heterocycles. The zero-order valence-corrected chi connectivity index (χ0v) is 7.67. The van der Waals surface area contributed by atoms with Crippen molar-refractivity contribution in [3.63, 3.8) is 0 Å². The average Bonchev–Trinajstić information content (AvgIpc) is 2.16. The first-order valence-corrected chi connectivity index (χ1v) is 3.96. The van der Waals surface area contributed by atoms with Gasteiger partial charge in [-0.25, -0.2) is 4.39 Å². The summed E-state index contributed by atoms with van der Waals surface area (Å²) >= 11 is 0. The van der Waals surface area contributed by atoms with E-state index in [-0.39, 0.29) is 16.7 Å². The Kier molecular flexibility index (Phi) is 2.78. The number of allylic oxidation sites excluding steroid dienone is 1.